The number of Topliss-reactive ketones (excluding diaryl/α,β-unsaturated/α-hetero) is 1. The highest BCUT2D eigenvalue weighted by Gasteiger charge is 2.47. The number of nitrogens with zero attached hydrogens (tertiary/aromatic N) is 2. The van der Waals surface area contributed by atoms with Gasteiger partial charge in [-0.15, -0.1) is 0 Å². The monoisotopic (exact) mass is 526 g/mol. The van der Waals surface area contributed by atoms with Crippen LogP contribution in [0.1, 0.15) is 55.8 Å². The number of rotatable bonds is 10. The molecule has 1 aliphatic heterocycles. The Morgan fingerprint density at radius 2 is 1.69 bits per heavy atom. The molecule has 200 valence electrons. The summed E-state index contributed by atoms with van der Waals surface area (Å²) in [5.41, 5.74) is 1.48. The molecule has 1 unspecified atom stereocenters. The second-order valence-electron chi connectivity index (χ2n) is 9.07. The van der Waals surface area contributed by atoms with E-state index in [0.717, 1.165) is 19.3 Å². The third-order valence-electron chi connectivity index (χ3n) is 6.46. The Balaban J connectivity index is 1.80. The Morgan fingerprint density at radius 1 is 0.974 bits per heavy atom. The van der Waals surface area contributed by atoms with Crippen LogP contribution in [-0.4, -0.2) is 35.1 Å². The Labute approximate surface area is 227 Å². The van der Waals surface area contributed by atoms with E-state index >= 15 is 0 Å². The SMILES string of the molecule is CCCCCOc1ccc(/C(O)=C2/C(=O)C(=O)N(c3ccc(C#N)cc3)C2c2ccc(O)c(OCC)c2)cc1. The number of ether oxygens (including phenoxy) is 2. The van der Waals surface area contributed by atoms with E-state index in [4.69, 9.17) is 9.47 Å². The molecule has 1 heterocycles. The van der Waals surface area contributed by atoms with E-state index in [1.165, 1.54) is 11.0 Å². The molecular formula is C31H30N2O6. The molecule has 0 spiro atoms. The van der Waals surface area contributed by atoms with Gasteiger partial charge in [0.1, 0.15) is 11.5 Å². The summed E-state index contributed by atoms with van der Waals surface area (Å²) in [4.78, 5) is 28.0. The lowest BCUT2D eigenvalue weighted by Crippen LogP contribution is -2.29. The van der Waals surface area contributed by atoms with Crippen LogP contribution in [0.3, 0.4) is 0 Å². The number of nitriles is 1. The minimum Gasteiger partial charge on any atom is -0.507 e. The van der Waals surface area contributed by atoms with Crippen molar-refractivity contribution < 1.29 is 29.3 Å². The highest BCUT2D eigenvalue weighted by molar-refractivity contribution is 6.51. The standard InChI is InChI=1S/C31H30N2O6/c1-3-5-6-17-39-24-14-9-21(10-15-24)29(35)27-28(22-11-16-25(34)26(18-22)38-4-2)33(31(37)30(27)36)23-12-7-20(19-32)8-13-23/h7-16,18,28,34-35H,3-6,17H2,1-2H3/b29-27-. The number of carbonyl (C=O) groups excluding carboxylic acids is 2. The van der Waals surface area contributed by atoms with E-state index in [9.17, 15) is 25.1 Å². The van der Waals surface area contributed by atoms with Gasteiger partial charge in [0, 0.05) is 11.3 Å². The van der Waals surface area contributed by atoms with Crippen LogP contribution in [-0.2, 0) is 9.59 Å². The minimum atomic E-state index is -1.01. The summed E-state index contributed by atoms with van der Waals surface area (Å²) in [5.74, 6) is -1.29. The lowest BCUT2D eigenvalue weighted by atomic mass is 9.94. The molecule has 1 saturated heterocycles. The quantitative estimate of drug-likeness (QED) is 0.147. The van der Waals surface area contributed by atoms with Crippen molar-refractivity contribution in [2.75, 3.05) is 18.1 Å². The average molecular weight is 527 g/mol. The number of anilines is 1. The number of amides is 1. The summed E-state index contributed by atoms with van der Waals surface area (Å²) in [6, 6.07) is 18.5. The molecule has 0 bridgehead atoms. The first-order valence-corrected chi connectivity index (χ1v) is 12.9. The largest absolute Gasteiger partial charge is 0.507 e. The first kappa shape index (κ1) is 27.3. The van der Waals surface area contributed by atoms with Crippen LogP contribution >= 0.6 is 0 Å². The Kier molecular flexibility index (Phi) is 8.52. The normalized spacial score (nSPS) is 16.2. The number of aliphatic hydroxyl groups is 1. The fourth-order valence-corrected chi connectivity index (χ4v) is 4.49. The number of unbranched alkanes of at least 4 members (excludes halogenated alkanes) is 2. The summed E-state index contributed by atoms with van der Waals surface area (Å²) in [6.07, 6.45) is 3.10. The van der Waals surface area contributed by atoms with Crippen LogP contribution in [0.4, 0.5) is 5.69 Å². The van der Waals surface area contributed by atoms with Gasteiger partial charge in [0.05, 0.1) is 36.5 Å². The smallest absolute Gasteiger partial charge is 0.300 e. The first-order valence-electron chi connectivity index (χ1n) is 12.9. The van der Waals surface area contributed by atoms with E-state index < -0.39 is 17.7 Å². The number of aliphatic hydroxyl groups excluding tert-OH is 1. The lowest BCUT2D eigenvalue weighted by Gasteiger charge is -2.26. The van der Waals surface area contributed by atoms with Gasteiger partial charge in [0.2, 0.25) is 0 Å². The van der Waals surface area contributed by atoms with E-state index in [2.05, 4.69) is 6.92 Å². The van der Waals surface area contributed by atoms with Gasteiger partial charge in [0.25, 0.3) is 11.7 Å². The zero-order valence-corrected chi connectivity index (χ0v) is 21.9. The molecule has 4 rings (SSSR count). The summed E-state index contributed by atoms with van der Waals surface area (Å²) in [7, 11) is 0. The molecule has 3 aromatic rings. The maximum Gasteiger partial charge on any atom is 0.300 e. The molecular weight excluding hydrogens is 496 g/mol. The molecule has 1 aliphatic rings. The van der Waals surface area contributed by atoms with Crippen molar-refractivity contribution >= 4 is 23.1 Å². The summed E-state index contributed by atoms with van der Waals surface area (Å²) >= 11 is 0. The molecule has 0 aliphatic carbocycles. The molecule has 39 heavy (non-hydrogen) atoms. The minimum absolute atomic E-state index is 0.0922. The summed E-state index contributed by atoms with van der Waals surface area (Å²) < 4.78 is 11.3. The first-order chi connectivity index (χ1) is 18.9. The molecule has 0 saturated carbocycles. The van der Waals surface area contributed by atoms with Crippen LogP contribution in [0.15, 0.2) is 72.3 Å². The van der Waals surface area contributed by atoms with Crippen LogP contribution in [0.25, 0.3) is 5.76 Å². The lowest BCUT2D eigenvalue weighted by molar-refractivity contribution is -0.132. The van der Waals surface area contributed by atoms with Gasteiger partial charge in [-0.3, -0.25) is 14.5 Å². The molecule has 1 fully saturated rings. The second-order valence-corrected chi connectivity index (χ2v) is 9.07. The predicted octanol–water partition coefficient (Wildman–Crippen LogP) is 5.86. The van der Waals surface area contributed by atoms with Gasteiger partial charge < -0.3 is 19.7 Å². The number of aromatic hydroxyl groups is 1. The fourth-order valence-electron chi connectivity index (χ4n) is 4.49. The molecule has 2 N–H and O–H groups in total. The number of benzene rings is 3. The second kappa shape index (κ2) is 12.2. The van der Waals surface area contributed by atoms with Gasteiger partial charge in [-0.25, -0.2) is 0 Å². The molecule has 8 nitrogen and oxygen atoms in total. The van der Waals surface area contributed by atoms with E-state index in [-0.39, 0.29) is 22.8 Å². The van der Waals surface area contributed by atoms with Crippen LogP contribution < -0.4 is 14.4 Å². The van der Waals surface area contributed by atoms with Crippen LogP contribution in [0.5, 0.6) is 17.2 Å². The zero-order valence-electron chi connectivity index (χ0n) is 21.9. The topological polar surface area (TPSA) is 120 Å². The van der Waals surface area contributed by atoms with Crippen molar-refractivity contribution in [3.63, 3.8) is 0 Å². The van der Waals surface area contributed by atoms with Gasteiger partial charge in [0.15, 0.2) is 11.5 Å². The van der Waals surface area contributed by atoms with Gasteiger partial charge in [-0.2, -0.15) is 5.26 Å². The van der Waals surface area contributed by atoms with Gasteiger partial charge in [-0.1, -0.05) is 25.8 Å². The van der Waals surface area contributed by atoms with Crippen molar-refractivity contribution in [2.24, 2.45) is 0 Å². The Hall–Kier alpha value is -4.77. The van der Waals surface area contributed by atoms with Crippen molar-refractivity contribution in [3.05, 3.63) is 89.0 Å². The number of ketones is 1. The molecule has 1 amide bonds. The van der Waals surface area contributed by atoms with E-state index in [1.54, 1.807) is 67.6 Å². The van der Waals surface area contributed by atoms with Crippen LogP contribution in [0.2, 0.25) is 0 Å². The maximum atomic E-state index is 13.4. The predicted molar refractivity (Wildman–Crippen MR) is 147 cm³/mol. The van der Waals surface area contributed by atoms with Gasteiger partial charge >= 0.3 is 0 Å². The maximum absolute atomic E-state index is 13.4. The highest BCUT2D eigenvalue weighted by Crippen LogP contribution is 2.44. The zero-order chi connectivity index (χ0) is 27.9. The van der Waals surface area contributed by atoms with Crippen molar-refractivity contribution in [2.45, 2.75) is 39.2 Å². The summed E-state index contributed by atoms with van der Waals surface area (Å²) in [6.45, 7) is 4.76. The molecule has 0 radical (unpaired) electrons. The number of phenolic OH excluding ortho intramolecular Hbond substituents is 1. The number of hydrogen-bond acceptors (Lipinski definition) is 7. The van der Waals surface area contributed by atoms with E-state index in [0.29, 0.717) is 41.3 Å². The number of phenols is 1. The van der Waals surface area contributed by atoms with Crippen molar-refractivity contribution in [1.29, 1.82) is 5.26 Å². The number of carbonyl (C=O) groups is 2. The third kappa shape index (κ3) is 5.73. The van der Waals surface area contributed by atoms with Crippen LogP contribution in [0, 0.1) is 11.3 Å². The molecule has 0 aromatic heterocycles. The fraction of sp³-hybridized carbons (Fsp3) is 0.258. The van der Waals surface area contributed by atoms with Gasteiger partial charge in [-0.05, 0) is 79.6 Å². The average Bonchev–Trinajstić information content (AvgIpc) is 3.22. The van der Waals surface area contributed by atoms with Crippen molar-refractivity contribution in [3.8, 4) is 23.3 Å². The summed E-state index contributed by atoms with van der Waals surface area (Å²) in [5, 5.41) is 30.8. The van der Waals surface area contributed by atoms with Crippen molar-refractivity contribution in [1.82, 2.24) is 0 Å². The number of hydrogen-bond donors (Lipinski definition) is 2. The van der Waals surface area contributed by atoms with E-state index in [1.807, 2.05) is 6.07 Å². The Morgan fingerprint density at radius 3 is 2.33 bits per heavy atom. The highest BCUT2D eigenvalue weighted by atomic mass is 16.5. The molecule has 1 atom stereocenters. The Bertz CT molecular complexity index is 1420. The molecule has 8 heteroatoms. The third-order valence-corrected chi connectivity index (χ3v) is 6.46. The molecule has 3 aromatic carbocycles.